The highest BCUT2D eigenvalue weighted by Gasteiger charge is 2.14. The number of hydrogen-bond donors (Lipinski definition) is 2. The van der Waals surface area contributed by atoms with Crippen LogP contribution in [0.3, 0.4) is 0 Å². The van der Waals surface area contributed by atoms with Crippen molar-refractivity contribution < 1.29 is 9.53 Å². The molecule has 0 radical (unpaired) electrons. The average Bonchev–Trinajstić information content (AvgIpc) is 2.69. The number of hydrogen-bond acceptors (Lipinski definition) is 4. The van der Waals surface area contributed by atoms with E-state index < -0.39 is 0 Å². The quantitative estimate of drug-likeness (QED) is 0.769. The first-order chi connectivity index (χ1) is 13.2. The van der Waals surface area contributed by atoms with Crippen LogP contribution >= 0.6 is 0 Å². The molecule has 0 unspecified atom stereocenters. The van der Waals surface area contributed by atoms with Crippen molar-refractivity contribution >= 4 is 17.4 Å². The zero-order valence-corrected chi connectivity index (χ0v) is 16.1. The maximum absolute atomic E-state index is 12.1. The normalized spacial score (nSPS) is 14.7. The number of rotatable bonds is 6. The number of amides is 2. The molecule has 2 aromatic rings. The fraction of sp³-hybridized carbons (Fsp3) is 0.381. The van der Waals surface area contributed by atoms with Gasteiger partial charge in [0.15, 0.2) is 6.73 Å². The number of benzene rings is 2. The van der Waals surface area contributed by atoms with Crippen LogP contribution in [0, 0.1) is 0 Å². The van der Waals surface area contributed by atoms with Crippen molar-refractivity contribution in [3.63, 3.8) is 0 Å². The maximum atomic E-state index is 12.1. The van der Waals surface area contributed by atoms with Crippen molar-refractivity contribution in [2.24, 2.45) is 0 Å². The van der Waals surface area contributed by atoms with Crippen LogP contribution in [0.1, 0.15) is 12.5 Å². The van der Waals surface area contributed by atoms with Gasteiger partial charge >= 0.3 is 6.03 Å². The zero-order chi connectivity index (χ0) is 19.1. The lowest BCUT2D eigenvalue weighted by molar-refractivity contribution is 0.234. The zero-order valence-electron chi connectivity index (χ0n) is 16.1. The first-order valence-electron chi connectivity index (χ1n) is 9.45. The van der Waals surface area contributed by atoms with Crippen molar-refractivity contribution in [3.8, 4) is 5.75 Å². The topological polar surface area (TPSA) is 56.8 Å². The van der Waals surface area contributed by atoms with Crippen LogP contribution in [0.25, 0.3) is 0 Å². The number of aryl methyl sites for hydroxylation is 1. The third-order valence-electron chi connectivity index (χ3n) is 4.81. The first kappa shape index (κ1) is 19.0. The highest BCUT2D eigenvalue weighted by molar-refractivity contribution is 5.89. The Kier molecular flexibility index (Phi) is 6.54. The standard InChI is InChI=1S/C21H28N4O2/c1-3-17-6-4-5-7-20(17)27-16-22-21(26)23-18-8-10-19(11-9-18)25-14-12-24(2)13-15-25/h4-11H,3,12-16H2,1-2H3,(H2,22,23,26). The third kappa shape index (κ3) is 5.37. The number of urea groups is 1. The SMILES string of the molecule is CCc1ccccc1OCNC(=O)Nc1ccc(N2CCN(C)CC2)cc1. The number of nitrogens with one attached hydrogen (secondary N) is 2. The van der Waals surface area contributed by atoms with E-state index in [4.69, 9.17) is 4.74 Å². The van der Waals surface area contributed by atoms with Gasteiger partial charge < -0.3 is 25.2 Å². The molecule has 1 aliphatic heterocycles. The van der Waals surface area contributed by atoms with Gasteiger partial charge in [-0.25, -0.2) is 4.79 Å². The summed E-state index contributed by atoms with van der Waals surface area (Å²) in [6.45, 7) is 6.41. The summed E-state index contributed by atoms with van der Waals surface area (Å²) < 4.78 is 5.66. The van der Waals surface area contributed by atoms with Crippen molar-refractivity contribution in [2.45, 2.75) is 13.3 Å². The smallest absolute Gasteiger partial charge is 0.321 e. The van der Waals surface area contributed by atoms with Gasteiger partial charge in [-0.15, -0.1) is 0 Å². The van der Waals surface area contributed by atoms with E-state index in [2.05, 4.69) is 46.5 Å². The van der Waals surface area contributed by atoms with Crippen LogP contribution in [0.15, 0.2) is 48.5 Å². The predicted molar refractivity (Wildman–Crippen MR) is 110 cm³/mol. The highest BCUT2D eigenvalue weighted by Crippen LogP contribution is 2.20. The van der Waals surface area contributed by atoms with Crippen LogP contribution in [0.2, 0.25) is 0 Å². The van der Waals surface area contributed by atoms with Gasteiger partial charge in [0.2, 0.25) is 0 Å². The Morgan fingerprint density at radius 1 is 1.04 bits per heavy atom. The number of piperazine rings is 1. The molecule has 0 aromatic heterocycles. The number of para-hydroxylation sites is 1. The molecule has 27 heavy (non-hydrogen) atoms. The van der Waals surface area contributed by atoms with Gasteiger partial charge in [-0.2, -0.15) is 0 Å². The Bertz CT molecular complexity index is 740. The van der Waals surface area contributed by atoms with Crippen molar-refractivity contribution in [1.29, 1.82) is 0 Å². The summed E-state index contributed by atoms with van der Waals surface area (Å²) in [5.74, 6) is 0.803. The van der Waals surface area contributed by atoms with Crippen LogP contribution in [0.5, 0.6) is 5.75 Å². The fourth-order valence-electron chi connectivity index (χ4n) is 3.11. The molecule has 1 heterocycles. The fourth-order valence-corrected chi connectivity index (χ4v) is 3.11. The molecule has 0 bridgehead atoms. The van der Waals surface area contributed by atoms with Crippen LogP contribution in [-0.4, -0.2) is 50.9 Å². The molecule has 1 aliphatic rings. The largest absolute Gasteiger partial charge is 0.473 e. The van der Waals surface area contributed by atoms with E-state index >= 15 is 0 Å². The molecule has 0 atom stereocenters. The summed E-state index contributed by atoms with van der Waals surface area (Å²) in [7, 11) is 2.15. The number of carbonyl (C=O) groups excluding carboxylic acids is 1. The van der Waals surface area contributed by atoms with Crippen molar-refractivity contribution in [2.75, 3.05) is 50.2 Å². The van der Waals surface area contributed by atoms with Gasteiger partial charge in [0.05, 0.1) is 0 Å². The van der Waals surface area contributed by atoms with Gasteiger partial charge in [0, 0.05) is 37.6 Å². The molecule has 144 valence electrons. The second-order valence-electron chi connectivity index (χ2n) is 6.72. The number of likely N-dealkylation sites (N-methyl/N-ethyl adjacent to an activating group) is 1. The molecule has 0 saturated carbocycles. The van der Waals surface area contributed by atoms with E-state index in [9.17, 15) is 4.79 Å². The Morgan fingerprint density at radius 3 is 2.44 bits per heavy atom. The lowest BCUT2D eigenvalue weighted by Gasteiger charge is -2.34. The van der Waals surface area contributed by atoms with Crippen molar-refractivity contribution in [3.05, 3.63) is 54.1 Å². The minimum absolute atomic E-state index is 0.127. The van der Waals surface area contributed by atoms with Gasteiger partial charge in [-0.1, -0.05) is 25.1 Å². The Balaban J connectivity index is 1.45. The lowest BCUT2D eigenvalue weighted by Crippen LogP contribution is -2.44. The molecule has 3 rings (SSSR count). The molecule has 1 saturated heterocycles. The second kappa shape index (κ2) is 9.28. The van der Waals surface area contributed by atoms with Gasteiger partial charge in [-0.05, 0) is 49.4 Å². The molecule has 1 fully saturated rings. The van der Waals surface area contributed by atoms with Crippen LogP contribution in [-0.2, 0) is 6.42 Å². The van der Waals surface area contributed by atoms with Crippen molar-refractivity contribution in [1.82, 2.24) is 10.2 Å². The lowest BCUT2D eigenvalue weighted by atomic mass is 10.1. The third-order valence-corrected chi connectivity index (χ3v) is 4.81. The van der Waals surface area contributed by atoms with Crippen LogP contribution in [0.4, 0.5) is 16.2 Å². The molecule has 0 aliphatic carbocycles. The molecule has 2 amide bonds. The molecular formula is C21H28N4O2. The van der Waals surface area contributed by atoms with E-state index in [1.165, 1.54) is 5.69 Å². The highest BCUT2D eigenvalue weighted by atomic mass is 16.5. The molecular weight excluding hydrogens is 340 g/mol. The van der Waals surface area contributed by atoms with E-state index in [1.54, 1.807) is 0 Å². The first-order valence-corrected chi connectivity index (χ1v) is 9.45. The summed E-state index contributed by atoms with van der Waals surface area (Å²) in [6.07, 6.45) is 0.891. The number of nitrogens with zero attached hydrogens (tertiary/aromatic N) is 2. The van der Waals surface area contributed by atoms with Gasteiger partial charge in [0.1, 0.15) is 5.75 Å². The summed E-state index contributed by atoms with van der Waals surface area (Å²) in [5.41, 5.74) is 3.08. The summed E-state index contributed by atoms with van der Waals surface area (Å²) >= 11 is 0. The average molecular weight is 368 g/mol. The molecule has 2 aromatic carbocycles. The van der Waals surface area contributed by atoms with Gasteiger partial charge in [0.25, 0.3) is 0 Å². The summed E-state index contributed by atoms with van der Waals surface area (Å²) in [6, 6.07) is 15.5. The van der Waals surface area contributed by atoms with E-state index in [0.29, 0.717) is 0 Å². The molecule has 6 heteroatoms. The van der Waals surface area contributed by atoms with E-state index in [1.807, 2.05) is 36.4 Å². The minimum atomic E-state index is -0.281. The van der Waals surface area contributed by atoms with E-state index in [-0.39, 0.29) is 12.8 Å². The van der Waals surface area contributed by atoms with E-state index in [0.717, 1.165) is 49.6 Å². The predicted octanol–water partition coefficient (Wildman–Crippen LogP) is 3.16. The monoisotopic (exact) mass is 368 g/mol. The van der Waals surface area contributed by atoms with Crippen LogP contribution < -0.4 is 20.3 Å². The number of ether oxygens (including phenoxy) is 1. The Morgan fingerprint density at radius 2 is 1.74 bits per heavy atom. The molecule has 0 spiro atoms. The number of carbonyl (C=O) groups is 1. The summed E-state index contributed by atoms with van der Waals surface area (Å²) in [4.78, 5) is 16.8. The maximum Gasteiger partial charge on any atom is 0.321 e. The van der Waals surface area contributed by atoms with Gasteiger partial charge in [-0.3, -0.25) is 0 Å². The molecule has 2 N–H and O–H groups in total. The summed E-state index contributed by atoms with van der Waals surface area (Å²) in [5, 5.41) is 5.56. The Hall–Kier alpha value is -2.73. The number of anilines is 2. The second-order valence-corrected chi connectivity index (χ2v) is 6.72. The minimum Gasteiger partial charge on any atom is -0.473 e. The molecule has 6 nitrogen and oxygen atoms in total. The Labute approximate surface area is 161 Å².